The predicted octanol–water partition coefficient (Wildman–Crippen LogP) is 5.00. The highest BCUT2D eigenvalue weighted by atomic mass is 35.5. The molecule has 2 amide bonds. The maximum Gasteiger partial charge on any atom is 0.321 e. The molecule has 3 aromatic rings. The number of nitrogens with zero attached hydrogens (tertiary/aromatic N) is 3. The highest BCUT2D eigenvalue weighted by Crippen LogP contribution is 2.31. The number of halogens is 1. The van der Waals surface area contributed by atoms with Gasteiger partial charge in [0.2, 0.25) is 0 Å². The van der Waals surface area contributed by atoms with Crippen LogP contribution in [0.2, 0.25) is 5.02 Å². The molecule has 5 nitrogen and oxygen atoms in total. The molecule has 1 fully saturated rings. The van der Waals surface area contributed by atoms with E-state index in [9.17, 15) is 4.79 Å². The van der Waals surface area contributed by atoms with Crippen molar-refractivity contribution in [3.05, 3.63) is 53.1 Å². The zero-order valence-corrected chi connectivity index (χ0v) is 16.7. The highest BCUT2D eigenvalue weighted by Gasteiger charge is 2.21. The largest absolute Gasteiger partial charge is 0.346 e. The van der Waals surface area contributed by atoms with E-state index in [2.05, 4.69) is 10.2 Å². The van der Waals surface area contributed by atoms with E-state index in [1.807, 2.05) is 54.3 Å². The van der Waals surface area contributed by atoms with E-state index >= 15 is 0 Å². The van der Waals surface area contributed by atoms with Gasteiger partial charge < -0.3 is 15.1 Å². The van der Waals surface area contributed by atoms with Gasteiger partial charge in [-0.3, -0.25) is 0 Å². The van der Waals surface area contributed by atoms with Crippen LogP contribution in [0.15, 0.2) is 42.5 Å². The molecule has 27 heavy (non-hydrogen) atoms. The molecule has 1 aliphatic rings. The van der Waals surface area contributed by atoms with E-state index in [0.717, 1.165) is 52.1 Å². The van der Waals surface area contributed by atoms with Crippen LogP contribution in [0.5, 0.6) is 0 Å². The topological polar surface area (TPSA) is 48.5 Å². The molecule has 0 aliphatic carbocycles. The number of amides is 2. The molecule has 2 heterocycles. The van der Waals surface area contributed by atoms with Gasteiger partial charge in [0, 0.05) is 36.9 Å². The molecular weight excluding hydrogens is 380 g/mol. The number of hydrogen-bond donors (Lipinski definition) is 1. The summed E-state index contributed by atoms with van der Waals surface area (Å²) >= 11 is 7.74. The van der Waals surface area contributed by atoms with Crippen molar-refractivity contribution in [2.24, 2.45) is 0 Å². The smallest absolute Gasteiger partial charge is 0.321 e. The minimum absolute atomic E-state index is 0.0446. The number of carbonyl (C=O) groups excluding carboxylic acids is 1. The summed E-state index contributed by atoms with van der Waals surface area (Å²) in [5.74, 6) is 0. The van der Waals surface area contributed by atoms with Gasteiger partial charge >= 0.3 is 6.03 Å². The van der Waals surface area contributed by atoms with Crippen LogP contribution < -0.4 is 10.2 Å². The van der Waals surface area contributed by atoms with Crippen LogP contribution in [-0.2, 0) is 0 Å². The third-order valence-electron chi connectivity index (χ3n) is 4.70. The highest BCUT2D eigenvalue weighted by molar-refractivity contribution is 7.22. The lowest BCUT2D eigenvalue weighted by atomic mass is 10.2. The van der Waals surface area contributed by atoms with Gasteiger partial charge in [-0.15, -0.1) is 0 Å². The van der Waals surface area contributed by atoms with E-state index < -0.39 is 0 Å². The Morgan fingerprint density at radius 1 is 1.11 bits per heavy atom. The third-order valence-corrected chi connectivity index (χ3v) is 6.01. The molecule has 1 N–H and O–H groups in total. The zero-order chi connectivity index (χ0) is 18.8. The first-order valence-corrected chi connectivity index (χ1v) is 10.2. The lowest BCUT2D eigenvalue weighted by molar-refractivity contribution is 0.215. The number of carbonyl (C=O) groups is 1. The first-order valence-electron chi connectivity index (χ1n) is 9.02. The first-order chi connectivity index (χ1) is 13.1. The summed E-state index contributed by atoms with van der Waals surface area (Å²) in [6.45, 7) is 5.11. The normalized spacial score (nSPS) is 15.0. The zero-order valence-electron chi connectivity index (χ0n) is 15.1. The van der Waals surface area contributed by atoms with Gasteiger partial charge in [0.05, 0.1) is 10.2 Å². The van der Waals surface area contributed by atoms with Crippen LogP contribution in [0.4, 0.5) is 15.6 Å². The Bertz CT molecular complexity index is 956. The molecule has 0 bridgehead atoms. The van der Waals surface area contributed by atoms with Crippen LogP contribution in [-0.4, -0.2) is 42.1 Å². The van der Waals surface area contributed by atoms with E-state index in [-0.39, 0.29) is 6.03 Å². The quantitative estimate of drug-likeness (QED) is 0.658. The minimum Gasteiger partial charge on any atom is -0.346 e. The average molecular weight is 401 g/mol. The number of urea groups is 1. The van der Waals surface area contributed by atoms with Crippen molar-refractivity contribution < 1.29 is 4.79 Å². The maximum absolute atomic E-state index is 12.6. The lowest BCUT2D eigenvalue weighted by Gasteiger charge is -2.22. The molecule has 0 atom stereocenters. The fourth-order valence-electron chi connectivity index (χ4n) is 3.17. The van der Waals surface area contributed by atoms with Crippen molar-refractivity contribution in [3.8, 4) is 0 Å². The third kappa shape index (κ3) is 4.17. The second-order valence-electron chi connectivity index (χ2n) is 6.73. The number of aromatic nitrogens is 1. The van der Waals surface area contributed by atoms with Crippen molar-refractivity contribution in [1.82, 2.24) is 9.88 Å². The Hall–Kier alpha value is -2.31. The average Bonchev–Trinajstić information content (AvgIpc) is 2.91. The van der Waals surface area contributed by atoms with E-state index in [1.54, 1.807) is 11.3 Å². The molecule has 140 valence electrons. The van der Waals surface area contributed by atoms with Gasteiger partial charge in [-0.05, 0) is 43.7 Å². The molecule has 1 aromatic heterocycles. The maximum atomic E-state index is 12.6. The summed E-state index contributed by atoms with van der Waals surface area (Å²) < 4.78 is 1.09. The molecule has 4 rings (SSSR count). The summed E-state index contributed by atoms with van der Waals surface area (Å²) in [5, 5.41) is 4.71. The first kappa shape index (κ1) is 18.1. The molecule has 1 aliphatic heterocycles. The summed E-state index contributed by atoms with van der Waals surface area (Å²) in [5.41, 5.74) is 2.97. The van der Waals surface area contributed by atoms with Gasteiger partial charge in [0.15, 0.2) is 5.13 Å². The van der Waals surface area contributed by atoms with Crippen molar-refractivity contribution in [1.29, 1.82) is 0 Å². The van der Waals surface area contributed by atoms with Crippen LogP contribution >= 0.6 is 22.9 Å². The molecule has 0 radical (unpaired) electrons. The Kier molecular flexibility index (Phi) is 5.18. The Morgan fingerprint density at radius 3 is 2.74 bits per heavy atom. The number of fused-ring (bicyclic) bond motifs is 1. The van der Waals surface area contributed by atoms with E-state index in [4.69, 9.17) is 16.6 Å². The standard InChI is InChI=1S/C20H21ClN4OS/c1-14-3-6-16(7-4-14)22-19(26)24-9-2-10-25(12-11-24)20-23-17-8-5-15(21)13-18(17)27-20/h3-8,13H,2,9-12H2,1H3,(H,22,26). The molecule has 0 unspecified atom stereocenters. The number of rotatable bonds is 2. The van der Waals surface area contributed by atoms with Crippen molar-refractivity contribution in [2.45, 2.75) is 13.3 Å². The van der Waals surface area contributed by atoms with Crippen molar-refractivity contribution >= 4 is 50.0 Å². The summed E-state index contributed by atoms with van der Waals surface area (Å²) in [4.78, 5) is 21.5. The summed E-state index contributed by atoms with van der Waals surface area (Å²) in [7, 11) is 0. The molecule has 0 saturated carbocycles. The van der Waals surface area contributed by atoms with Crippen LogP contribution in [0, 0.1) is 6.92 Å². The van der Waals surface area contributed by atoms with Crippen molar-refractivity contribution in [3.63, 3.8) is 0 Å². The second-order valence-corrected chi connectivity index (χ2v) is 8.18. The van der Waals surface area contributed by atoms with Crippen molar-refractivity contribution in [2.75, 3.05) is 36.4 Å². The number of benzene rings is 2. The number of hydrogen-bond acceptors (Lipinski definition) is 4. The lowest BCUT2D eigenvalue weighted by Crippen LogP contribution is -2.38. The van der Waals surface area contributed by atoms with Gasteiger partial charge in [0.25, 0.3) is 0 Å². The summed E-state index contributed by atoms with van der Waals surface area (Å²) in [6, 6.07) is 13.6. The number of anilines is 2. The molecular formula is C20H21ClN4OS. The van der Waals surface area contributed by atoms with E-state index in [0.29, 0.717) is 6.54 Å². The Labute approximate surface area is 167 Å². The Morgan fingerprint density at radius 2 is 1.93 bits per heavy atom. The Balaban J connectivity index is 1.42. The van der Waals surface area contributed by atoms with Crippen LogP contribution in [0.1, 0.15) is 12.0 Å². The van der Waals surface area contributed by atoms with Gasteiger partial charge in [-0.25, -0.2) is 9.78 Å². The molecule has 0 spiro atoms. The minimum atomic E-state index is -0.0446. The van der Waals surface area contributed by atoms with Gasteiger partial charge in [-0.2, -0.15) is 0 Å². The van der Waals surface area contributed by atoms with Crippen LogP contribution in [0.3, 0.4) is 0 Å². The monoisotopic (exact) mass is 400 g/mol. The summed E-state index contributed by atoms with van der Waals surface area (Å²) in [6.07, 6.45) is 0.915. The molecule has 1 saturated heterocycles. The molecule has 7 heteroatoms. The number of thiazole rings is 1. The number of nitrogens with one attached hydrogen (secondary N) is 1. The van der Waals surface area contributed by atoms with Gasteiger partial charge in [0.1, 0.15) is 0 Å². The van der Waals surface area contributed by atoms with Gasteiger partial charge in [-0.1, -0.05) is 40.6 Å². The van der Waals surface area contributed by atoms with Crippen LogP contribution in [0.25, 0.3) is 10.2 Å². The SMILES string of the molecule is Cc1ccc(NC(=O)N2CCCN(c3nc4ccc(Cl)cc4s3)CC2)cc1. The molecule has 2 aromatic carbocycles. The van der Waals surface area contributed by atoms with E-state index in [1.165, 1.54) is 5.56 Å². The predicted molar refractivity (Wildman–Crippen MR) is 113 cm³/mol. The number of aryl methyl sites for hydroxylation is 1. The fraction of sp³-hybridized carbons (Fsp3) is 0.300. The second kappa shape index (κ2) is 7.74. The fourth-order valence-corrected chi connectivity index (χ4v) is 4.47.